The van der Waals surface area contributed by atoms with Crippen LogP contribution in [0.2, 0.25) is 0 Å². The number of carbonyl (C=O) groups is 3. The maximum absolute atomic E-state index is 13.2. The molecule has 1 atom stereocenters. The fraction of sp³-hybridized carbons (Fsp3) is 0.348. The van der Waals surface area contributed by atoms with Crippen molar-refractivity contribution in [1.82, 2.24) is 10.6 Å². The van der Waals surface area contributed by atoms with Crippen molar-refractivity contribution in [2.75, 3.05) is 11.4 Å². The van der Waals surface area contributed by atoms with Crippen molar-refractivity contribution in [3.05, 3.63) is 65.7 Å². The first kappa shape index (κ1) is 24.0. The fourth-order valence-electron chi connectivity index (χ4n) is 3.13. The molecule has 0 aliphatic carbocycles. The minimum absolute atomic E-state index is 0.154. The molecule has 0 fully saturated rings. The van der Waals surface area contributed by atoms with E-state index in [1.807, 2.05) is 51.1 Å². The number of benzene rings is 2. The number of para-hydroxylation sites is 1. The summed E-state index contributed by atoms with van der Waals surface area (Å²) in [6, 6.07) is 11.0. The number of carbonyl (C=O) groups excluding carboxylic acids is 3. The molecule has 0 spiro atoms. The molecule has 2 aromatic carbocycles. The molecule has 0 aliphatic rings. The molecule has 0 radical (unpaired) electrons. The van der Waals surface area contributed by atoms with E-state index in [-0.39, 0.29) is 24.4 Å². The number of hydrogen-bond acceptors (Lipinski definition) is 3. The van der Waals surface area contributed by atoms with Gasteiger partial charge >= 0.3 is 0 Å². The third-order valence-electron chi connectivity index (χ3n) is 4.41. The molecule has 6 nitrogen and oxygen atoms in total. The predicted octanol–water partition coefficient (Wildman–Crippen LogP) is 2.96. The van der Waals surface area contributed by atoms with Gasteiger partial charge in [0, 0.05) is 17.3 Å². The van der Waals surface area contributed by atoms with Crippen LogP contribution in [0, 0.1) is 11.6 Å². The van der Waals surface area contributed by atoms with Crippen LogP contribution in [-0.2, 0) is 20.8 Å². The zero-order valence-electron chi connectivity index (χ0n) is 18.0. The Labute approximate surface area is 180 Å². The fourth-order valence-corrected chi connectivity index (χ4v) is 3.13. The second kappa shape index (κ2) is 10.1. The average molecular weight is 431 g/mol. The molecule has 0 aromatic heterocycles. The Morgan fingerprint density at radius 3 is 2.13 bits per heavy atom. The summed E-state index contributed by atoms with van der Waals surface area (Å²) < 4.78 is 26.5. The monoisotopic (exact) mass is 431 g/mol. The molecule has 0 bridgehead atoms. The van der Waals surface area contributed by atoms with E-state index in [9.17, 15) is 23.2 Å². The average Bonchev–Trinajstić information content (AvgIpc) is 2.64. The van der Waals surface area contributed by atoms with Gasteiger partial charge in [0.05, 0.1) is 13.0 Å². The zero-order chi connectivity index (χ0) is 23.2. The van der Waals surface area contributed by atoms with Gasteiger partial charge in [-0.25, -0.2) is 8.78 Å². The van der Waals surface area contributed by atoms with Crippen molar-refractivity contribution in [2.24, 2.45) is 0 Å². The van der Waals surface area contributed by atoms with Crippen molar-refractivity contribution in [1.29, 1.82) is 0 Å². The van der Waals surface area contributed by atoms with Gasteiger partial charge in [0.25, 0.3) is 0 Å². The Balaban J connectivity index is 1.93. The Morgan fingerprint density at radius 2 is 1.58 bits per heavy atom. The third kappa shape index (κ3) is 7.16. The first-order chi connectivity index (χ1) is 14.5. The number of nitrogens with one attached hydrogen (secondary N) is 2. The molecule has 0 unspecified atom stereocenters. The molecular weight excluding hydrogens is 404 g/mol. The van der Waals surface area contributed by atoms with Gasteiger partial charge in [-0.15, -0.1) is 0 Å². The minimum Gasteiger partial charge on any atom is -0.345 e. The smallest absolute Gasteiger partial charge is 0.246 e. The minimum atomic E-state index is -0.932. The van der Waals surface area contributed by atoms with Crippen LogP contribution in [0.3, 0.4) is 0 Å². The maximum Gasteiger partial charge on any atom is 0.246 e. The molecule has 3 amide bonds. The lowest BCUT2D eigenvalue weighted by molar-refractivity contribution is -0.129. The summed E-state index contributed by atoms with van der Waals surface area (Å²) in [7, 11) is 0. The van der Waals surface area contributed by atoms with E-state index in [1.165, 1.54) is 6.92 Å². The SMILES string of the molecule is C[C@H](NC(=O)Cc1cc(F)cc(F)c1)C(=O)NCC(=O)N(c1ccccc1)C(C)(C)C. The van der Waals surface area contributed by atoms with E-state index >= 15 is 0 Å². The van der Waals surface area contributed by atoms with Crippen molar-refractivity contribution in [3.63, 3.8) is 0 Å². The van der Waals surface area contributed by atoms with E-state index in [4.69, 9.17) is 0 Å². The van der Waals surface area contributed by atoms with Gasteiger partial charge in [-0.3, -0.25) is 14.4 Å². The van der Waals surface area contributed by atoms with Crippen LogP contribution in [0.5, 0.6) is 0 Å². The van der Waals surface area contributed by atoms with E-state index in [0.717, 1.165) is 12.1 Å². The molecule has 31 heavy (non-hydrogen) atoms. The number of halogens is 2. The topological polar surface area (TPSA) is 78.5 Å². The first-order valence-electron chi connectivity index (χ1n) is 9.87. The van der Waals surface area contributed by atoms with Crippen LogP contribution >= 0.6 is 0 Å². The van der Waals surface area contributed by atoms with Gasteiger partial charge in [0.15, 0.2) is 0 Å². The highest BCUT2D eigenvalue weighted by atomic mass is 19.1. The van der Waals surface area contributed by atoms with Crippen LogP contribution in [0.1, 0.15) is 33.3 Å². The Bertz CT molecular complexity index is 923. The molecule has 0 aliphatic heterocycles. The van der Waals surface area contributed by atoms with Crippen molar-refractivity contribution < 1.29 is 23.2 Å². The van der Waals surface area contributed by atoms with Crippen LogP contribution in [0.4, 0.5) is 14.5 Å². The summed E-state index contributed by atoms with van der Waals surface area (Å²) in [5.41, 5.74) is 0.350. The van der Waals surface area contributed by atoms with Crippen molar-refractivity contribution in [3.8, 4) is 0 Å². The normalized spacial score (nSPS) is 12.1. The lowest BCUT2D eigenvalue weighted by Crippen LogP contribution is -2.52. The lowest BCUT2D eigenvalue weighted by atomic mass is 10.0. The predicted molar refractivity (Wildman–Crippen MR) is 114 cm³/mol. The lowest BCUT2D eigenvalue weighted by Gasteiger charge is -2.36. The van der Waals surface area contributed by atoms with E-state index in [1.54, 1.807) is 4.90 Å². The highest BCUT2D eigenvalue weighted by Gasteiger charge is 2.28. The molecule has 2 N–H and O–H groups in total. The number of anilines is 1. The van der Waals surface area contributed by atoms with Crippen molar-refractivity contribution in [2.45, 2.75) is 45.7 Å². The summed E-state index contributed by atoms with van der Waals surface area (Å²) in [6.45, 7) is 6.87. The molecule has 0 saturated carbocycles. The van der Waals surface area contributed by atoms with Crippen LogP contribution in [-0.4, -0.2) is 35.8 Å². The van der Waals surface area contributed by atoms with E-state index in [0.29, 0.717) is 11.8 Å². The summed E-state index contributed by atoms with van der Waals surface area (Å²) in [6.07, 6.45) is -0.281. The Kier molecular flexibility index (Phi) is 7.85. The van der Waals surface area contributed by atoms with Crippen LogP contribution in [0.15, 0.2) is 48.5 Å². The number of rotatable bonds is 7. The van der Waals surface area contributed by atoms with Gasteiger partial charge in [-0.05, 0) is 57.5 Å². The van der Waals surface area contributed by atoms with Crippen LogP contribution in [0.25, 0.3) is 0 Å². The summed E-state index contributed by atoms with van der Waals surface area (Å²) in [4.78, 5) is 38.8. The molecular formula is C23H27F2N3O3. The number of nitrogens with zero attached hydrogens (tertiary/aromatic N) is 1. The quantitative estimate of drug-likeness (QED) is 0.708. The van der Waals surface area contributed by atoms with Gasteiger partial charge in [0.1, 0.15) is 17.7 Å². The highest BCUT2D eigenvalue weighted by molar-refractivity contribution is 5.98. The molecule has 0 saturated heterocycles. The Morgan fingerprint density at radius 1 is 1.00 bits per heavy atom. The molecule has 0 heterocycles. The van der Waals surface area contributed by atoms with Gasteiger partial charge in [-0.1, -0.05) is 18.2 Å². The molecule has 166 valence electrons. The van der Waals surface area contributed by atoms with Gasteiger partial charge in [0.2, 0.25) is 17.7 Å². The van der Waals surface area contributed by atoms with Crippen LogP contribution < -0.4 is 15.5 Å². The third-order valence-corrected chi connectivity index (χ3v) is 4.41. The second-order valence-corrected chi connectivity index (χ2v) is 8.20. The van der Waals surface area contributed by atoms with Crippen molar-refractivity contribution >= 4 is 23.4 Å². The second-order valence-electron chi connectivity index (χ2n) is 8.20. The number of hydrogen-bond donors (Lipinski definition) is 2. The highest BCUT2D eigenvalue weighted by Crippen LogP contribution is 2.23. The van der Waals surface area contributed by atoms with Gasteiger partial charge < -0.3 is 15.5 Å². The summed E-state index contributed by atoms with van der Waals surface area (Å²) >= 11 is 0. The Hall–Kier alpha value is -3.29. The first-order valence-corrected chi connectivity index (χ1v) is 9.87. The summed E-state index contributed by atoms with van der Waals surface area (Å²) in [5, 5.41) is 4.99. The molecule has 2 aromatic rings. The van der Waals surface area contributed by atoms with Gasteiger partial charge in [-0.2, -0.15) is 0 Å². The molecule has 8 heteroatoms. The maximum atomic E-state index is 13.2. The number of amides is 3. The summed E-state index contributed by atoms with van der Waals surface area (Å²) in [5.74, 6) is -2.99. The van der Waals surface area contributed by atoms with E-state index < -0.39 is 35.0 Å². The zero-order valence-corrected chi connectivity index (χ0v) is 18.0. The standard InChI is InChI=1S/C23H27F2N3O3/c1-15(27-20(29)12-16-10-17(24)13-18(25)11-16)22(31)26-14-21(30)28(23(2,3)4)19-8-6-5-7-9-19/h5-11,13,15H,12,14H2,1-4H3,(H,26,31)(H,27,29)/t15-/m0/s1. The molecule has 2 rings (SSSR count). The largest absolute Gasteiger partial charge is 0.345 e. The van der Waals surface area contributed by atoms with E-state index in [2.05, 4.69) is 10.6 Å².